The maximum absolute atomic E-state index is 12.4. The highest BCUT2D eigenvalue weighted by Gasteiger charge is 2.56. The molecule has 19 heavy (non-hydrogen) atoms. The van der Waals surface area contributed by atoms with E-state index in [1.165, 1.54) is 9.80 Å². The fourth-order valence-corrected chi connectivity index (χ4v) is 3.57. The molecule has 5 heteroatoms. The van der Waals surface area contributed by atoms with Crippen LogP contribution in [0.15, 0.2) is 12.2 Å². The van der Waals surface area contributed by atoms with Gasteiger partial charge in [0, 0.05) is 14.1 Å². The van der Waals surface area contributed by atoms with Crippen molar-refractivity contribution >= 4 is 17.7 Å². The second-order valence-corrected chi connectivity index (χ2v) is 5.89. The zero-order valence-electron chi connectivity index (χ0n) is 11.2. The van der Waals surface area contributed by atoms with Gasteiger partial charge < -0.3 is 4.90 Å². The van der Waals surface area contributed by atoms with Crippen LogP contribution < -0.4 is 0 Å². The van der Waals surface area contributed by atoms with Gasteiger partial charge in [-0.05, 0) is 24.7 Å². The lowest BCUT2D eigenvalue weighted by molar-refractivity contribution is -0.145. The van der Waals surface area contributed by atoms with Crippen molar-refractivity contribution in [3.63, 3.8) is 0 Å². The Balaban J connectivity index is 1.85. The summed E-state index contributed by atoms with van der Waals surface area (Å²) in [6, 6.07) is 0. The molecule has 0 unspecified atom stereocenters. The van der Waals surface area contributed by atoms with E-state index in [1.807, 2.05) is 0 Å². The average Bonchev–Trinajstić information content (AvgIpc) is 2.67. The minimum atomic E-state index is -0.216. The van der Waals surface area contributed by atoms with Crippen molar-refractivity contribution in [3.8, 4) is 0 Å². The molecular formula is C14H18N2O3. The predicted molar refractivity (Wildman–Crippen MR) is 67.7 cm³/mol. The zero-order valence-corrected chi connectivity index (χ0v) is 11.2. The minimum absolute atomic E-state index is 0.114. The number of fused-ring (bicyclic) bond motifs is 1. The summed E-state index contributed by atoms with van der Waals surface area (Å²) < 4.78 is 0. The van der Waals surface area contributed by atoms with Crippen molar-refractivity contribution in [2.45, 2.75) is 12.8 Å². The highest BCUT2D eigenvalue weighted by Crippen LogP contribution is 2.49. The second-order valence-electron chi connectivity index (χ2n) is 5.89. The molecule has 0 aromatic heterocycles. The Labute approximate surface area is 112 Å². The predicted octanol–water partition coefficient (Wildman–Crippen LogP) is 0.272. The molecule has 1 heterocycles. The molecule has 1 saturated heterocycles. The third-order valence-corrected chi connectivity index (χ3v) is 4.64. The van der Waals surface area contributed by atoms with Crippen molar-refractivity contribution in [2.24, 2.45) is 23.7 Å². The molecule has 102 valence electrons. The summed E-state index contributed by atoms with van der Waals surface area (Å²) in [7, 11) is 3.26. The van der Waals surface area contributed by atoms with Gasteiger partial charge in [-0.3, -0.25) is 19.3 Å². The molecule has 1 saturated carbocycles. The van der Waals surface area contributed by atoms with Crippen LogP contribution in [0.25, 0.3) is 0 Å². The fourth-order valence-electron chi connectivity index (χ4n) is 3.57. The molecule has 2 fully saturated rings. The lowest BCUT2D eigenvalue weighted by atomic mass is 9.63. The van der Waals surface area contributed by atoms with E-state index in [0.717, 1.165) is 12.8 Å². The molecule has 3 amide bonds. The highest BCUT2D eigenvalue weighted by molar-refractivity contribution is 6.08. The fraction of sp³-hybridized carbons (Fsp3) is 0.643. The van der Waals surface area contributed by atoms with Crippen molar-refractivity contribution in [2.75, 3.05) is 20.6 Å². The number of nitrogens with zero attached hydrogens (tertiary/aromatic N) is 2. The molecule has 4 rings (SSSR count). The number of likely N-dealkylation sites (N-methyl/N-ethyl adjacent to an activating group) is 1. The van der Waals surface area contributed by atoms with E-state index >= 15 is 0 Å². The molecule has 3 aliphatic carbocycles. The number of rotatable bonds is 2. The van der Waals surface area contributed by atoms with Crippen LogP contribution in [0.1, 0.15) is 12.8 Å². The number of imide groups is 1. The lowest BCUT2D eigenvalue weighted by Crippen LogP contribution is -2.40. The van der Waals surface area contributed by atoms with Gasteiger partial charge in [-0.25, -0.2) is 0 Å². The van der Waals surface area contributed by atoms with Gasteiger partial charge in [0.2, 0.25) is 17.7 Å². The lowest BCUT2D eigenvalue weighted by Gasteiger charge is -2.38. The summed E-state index contributed by atoms with van der Waals surface area (Å²) in [5, 5.41) is 0. The Morgan fingerprint density at radius 1 is 1.16 bits per heavy atom. The highest BCUT2D eigenvalue weighted by atomic mass is 16.2. The van der Waals surface area contributed by atoms with E-state index in [-0.39, 0.29) is 47.9 Å². The first-order chi connectivity index (χ1) is 9.00. The van der Waals surface area contributed by atoms with Gasteiger partial charge >= 0.3 is 0 Å². The number of allylic oxidation sites excluding steroid dienone is 2. The Morgan fingerprint density at radius 2 is 1.63 bits per heavy atom. The maximum atomic E-state index is 12.4. The molecule has 5 nitrogen and oxygen atoms in total. The number of hydrogen-bond donors (Lipinski definition) is 0. The van der Waals surface area contributed by atoms with Crippen LogP contribution in [-0.4, -0.2) is 48.2 Å². The van der Waals surface area contributed by atoms with Crippen LogP contribution in [0.4, 0.5) is 0 Å². The molecule has 4 aliphatic rings. The third-order valence-electron chi connectivity index (χ3n) is 4.64. The first-order valence-electron chi connectivity index (χ1n) is 6.74. The van der Waals surface area contributed by atoms with Gasteiger partial charge in [0.1, 0.15) is 6.54 Å². The number of carbonyl (C=O) groups excluding carboxylic acids is 3. The van der Waals surface area contributed by atoms with Crippen LogP contribution in [0.3, 0.4) is 0 Å². The SMILES string of the molecule is CN(C)C(=O)CN1C(=O)[C@H]2[C@H](C1=O)[C@H]1C=C[C@H]2CC1. The summed E-state index contributed by atoms with van der Waals surface area (Å²) in [4.78, 5) is 39.1. The minimum Gasteiger partial charge on any atom is -0.347 e. The summed E-state index contributed by atoms with van der Waals surface area (Å²) >= 11 is 0. The number of carbonyl (C=O) groups is 3. The Bertz CT molecular complexity index is 451. The standard InChI is InChI=1S/C14H18N2O3/c1-15(2)10(17)7-16-13(18)11-8-3-4-9(6-5-8)12(11)14(16)19/h3-4,8-9,11-12H,5-7H2,1-2H3/t8-,9-,11+,12+/m0/s1. The first-order valence-corrected chi connectivity index (χ1v) is 6.74. The van der Waals surface area contributed by atoms with Crippen molar-refractivity contribution in [3.05, 3.63) is 12.2 Å². The molecule has 0 aromatic rings. The van der Waals surface area contributed by atoms with Crippen molar-refractivity contribution < 1.29 is 14.4 Å². The van der Waals surface area contributed by atoms with E-state index < -0.39 is 0 Å². The van der Waals surface area contributed by atoms with Gasteiger partial charge in [0.25, 0.3) is 0 Å². The van der Waals surface area contributed by atoms with Crippen LogP contribution >= 0.6 is 0 Å². The first kappa shape index (κ1) is 12.4. The Hall–Kier alpha value is -1.65. The van der Waals surface area contributed by atoms with Crippen LogP contribution in [0.2, 0.25) is 0 Å². The van der Waals surface area contributed by atoms with Gasteiger partial charge in [-0.15, -0.1) is 0 Å². The van der Waals surface area contributed by atoms with Crippen LogP contribution in [0.5, 0.6) is 0 Å². The molecule has 0 aromatic carbocycles. The van der Waals surface area contributed by atoms with E-state index in [0.29, 0.717) is 0 Å². The van der Waals surface area contributed by atoms with Crippen LogP contribution in [-0.2, 0) is 14.4 Å². The molecule has 2 bridgehead atoms. The summed E-state index contributed by atoms with van der Waals surface area (Å²) in [5.41, 5.74) is 0. The Morgan fingerprint density at radius 3 is 2.00 bits per heavy atom. The molecule has 4 atom stereocenters. The largest absolute Gasteiger partial charge is 0.347 e. The van der Waals surface area contributed by atoms with Gasteiger partial charge in [-0.2, -0.15) is 0 Å². The molecule has 0 N–H and O–H groups in total. The number of likely N-dealkylation sites (tertiary alicyclic amines) is 1. The Kier molecular flexibility index (Phi) is 2.73. The van der Waals surface area contributed by atoms with E-state index in [9.17, 15) is 14.4 Å². The molecular weight excluding hydrogens is 244 g/mol. The smallest absolute Gasteiger partial charge is 0.242 e. The monoisotopic (exact) mass is 262 g/mol. The van der Waals surface area contributed by atoms with E-state index in [1.54, 1.807) is 14.1 Å². The van der Waals surface area contributed by atoms with Crippen molar-refractivity contribution in [1.29, 1.82) is 0 Å². The van der Waals surface area contributed by atoms with Crippen molar-refractivity contribution in [1.82, 2.24) is 9.80 Å². The number of amides is 3. The molecule has 0 radical (unpaired) electrons. The van der Waals surface area contributed by atoms with Gasteiger partial charge in [-0.1, -0.05) is 12.2 Å². The van der Waals surface area contributed by atoms with E-state index in [4.69, 9.17) is 0 Å². The number of hydrogen-bond acceptors (Lipinski definition) is 3. The third kappa shape index (κ3) is 1.71. The van der Waals surface area contributed by atoms with E-state index in [2.05, 4.69) is 12.2 Å². The normalized spacial score (nSPS) is 35.8. The summed E-state index contributed by atoms with van der Waals surface area (Å²) in [5.74, 6) is -0.566. The topological polar surface area (TPSA) is 57.7 Å². The molecule has 1 aliphatic heterocycles. The summed E-state index contributed by atoms with van der Waals surface area (Å²) in [6.07, 6.45) is 6.13. The van der Waals surface area contributed by atoms with Gasteiger partial charge in [0.05, 0.1) is 11.8 Å². The van der Waals surface area contributed by atoms with Gasteiger partial charge in [0.15, 0.2) is 0 Å². The maximum Gasteiger partial charge on any atom is 0.242 e. The molecule has 0 spiro atoms. The second kappa shape index (κ2) is 4.18. The zero-order chi connectivity index (χ0) is 13.7. The quantitative estimate of drug-likeness (QED) is 0.530. The average molecular weight is 262 g/mol. The van der Waals surface area contributed by atoms with Crippen LogP contribution in [0, 0.1) is 23.7 Å². The summed E-state index contributed by atoms with van der Waals surface area (Å²) in [6.45, 7) is -0.114.